The molecule has 0 saturated heterocycles. The van der Waals surface area contributed by atoms with Crippen molar-refractivity contribution in [2.24, 2.45) is 23.2 Å². The Morgan fingerprint density at radius 3 is 2.16 bits per heavy atom. The smallest absolute Gasteiger partial charge is 0.394 e. The first-order valence-electron chi connectivity index (χ1n) is 9.29. The summed E-state index contributed by atoms with van der Waals surface area (Å²) in [6.07, 6.45) is 6.08. The lowest BCUT2D eigenvalue weighted by Gasteiger charge is -2.55. The molecule has 4 aliphatic rings. The molecule has 3 N–H and O–H groups in total. The zero-order chi connectivity index (χ0) is 18.2. The van der Waals surface area contributed by atoms with Crippen molar-refractivity contribution in [3.8, 4) is 0 Å². The van der Waals surface area contributed by atoms with Gasteiger partial charge in [-0.05, 0) is 70.1 Å². The molecule has 2 atom stereocenters. The summed E-state index contributed by atoms with van der Waals surface area (Å²) in [6, 6.07) is -0.711. The van der Waals surface area contributed by atoms with E-state index < -0.39 is 20.0 Å². The molecular formula is C17H30NO6P. The van der Waals surface area contributed by atoms with Crippen molar-refractivity contribution < 1.29 is 28.4 Å². The number of carbonyl (C=O) groups is 1. The Labute approximate surface area is 149 Å². The van der Waals surface area contributed by atoms with E-state index in [2.05, 4.69) is 5.32 Å². The largest absolute Gasteiger partial charge is 0.472 e. The van der Waals surface area contributed by atoms with Crippen LogP contribution in [0.3, 0.4) is 0 Å². The van der Waals surface area contributed by atoms with E-state index in [1.54, 1.807) is 13.8 Å². The van der Waals surface area contributed by atoms with Gasteiger partial charge >= 0.3 is 7.82 Å². The minimum atomic E-state index is -4.18. The van der Waals surface area contributed by atoms with Crippen molar-refractivity contribution in [1.29, 1.82) is 0 Å². The third-order valence-electron chi connectivity index (χ3n) is 5.86. The van der Waals surface area contributed by atoms with Crippen LogP contribution in [0.15, 0.2) is 0 Å². The SMILES string of the molecule is CC(C)OP(=O)(O)OCC(CO)NC(=O)C12CC3CC(CC(C3)C1)C2. The van der Waals surface area contributed by atoms with E-state index in [0.717, 1.165) is 19.3 Å². The van der Waals surface area contributed by atoms with Crippen LogP contribution in [0.4, 0.5) is 0 Å². The van der Waals surface area contributed by atoms with Crippen molar-refractivity contribution in [3.63, 3.8) is 0 Å². The zero-order valence-corrected chi connectivity index (χ0v) is 15.9. The highest BCUT2D eigenvalue weighted by molar-refractivity contribution is 7.47. The van der Waals surface area contributed by atoms with E-state index in [1.165, 1.54) is 19.3 Å². The highest BCUT2D eigenvalue weighted by Gasteiger charge is 2.54. The van der Waals surface area contributed by atoms with Crippen LogP contribution in [0.1, 0.15) is 52.4 Å². The molecule has 0 aliphatic heterocycles. The zero-order valence-electron chi connectivity index (χ0n) is 15.0. The van der Waals surface area contributed by atoms with E-state index in [1.807, 2.05) is 0 Å². The highest BCUT2D eigenvalue weighted by atomic mass is 31.2. The quantitative estimate of drug-likeness (QED) is 0.562. The molecule has 4 bridgehead atoms. The molecule has 0 heterocycles. The van der Waals surface area contributed by atoms with Crippen LogP contribution in [-0.2, 0) is 18.4 Å². The summed E-state index contributed by atoms with van der Waals surface area (Å²) in [5.41, 5.74) is -0.320. The average Bonchev–Trinajstić information content (AvgIpc) is 2.48. The van der Waals surface area contributed by atoms with Crippen molar-refractivity contribution >= 4 is 13.7 Å². The third-order valence-corrected chi connectivity index (χ3v) is 7.02. The number of hydrogen-bond donors (Lipinski definition) is 3. The summed E-state index contributed by atoms with van der Waals surface area (Å²) >= 11 is 0. The monoisotopic (exact) mass is 375 g/mol. The number of aliphatic hydroxyl groups excluding tert-OH is 1. The van der Waals surface area contributed by atoms with Gasteiger partial charge in [-0.1, -0.05) is 0 Å². The summed E-state index contributed by atoms with van der Waals surface area (Å²) in [6.45, 7) is 2.66. The number of rotatable bonds is 8. The van der Waals surface area contributed by atoms with Gasteiger partial charge in [0.25, 0.3) is 0 Å². The number of hydrogen-bond acceptors (Lipinski definition) is 5. The number of carbonyl (C=O) groups excluding carboxylic acids is 1. The molecular weight excluding hydrogens is 345 g/mol. The van der Waals surface area contributed by atoms with Crippen LogP contribution in [0.2, 0.25) is 0 Å². The summed E-state index contributed by atoms with van der Waals surface area (Å²) in [5.74, 6) is 1.92. The van der Waals surface area contributed by atoms with E-state index in [0.29, 0.717) is 17.8 Å². The van der Waals surface area contributed by atoms with Gasteiger partial charge in [0.2, 0.25) is 5.91 Å². The molecule has 8 heteroatoms. The van der Waals surface area contributed by atoms with Gasteiger partial charge in [-0.3, -0.25) is 13.8 Å². The summed E-state index contributed by atoms with van der Waals surface area (Å²) in [5, 5.41) is 12.4. The summed E-state index contributed by atoms with van der Waals surface area (Å²) in [4.78, 5) is 22.5. The van der Waals surface area contributed by atoms with Crippen LogP contribution in [0.5, 0.6) is 0 Å². The number of phosphoric acid groups is 1. The Morgan fingerprint density at radius 1 is 1.20 bits per heavy atom. The number of nitrogens with one attached hydrogen (secondary N) is 1. The first kappa shape index (κ1) is 19.3. The second-order valence-electron chi connectivity index (χ2n) is 8.47. The van der Waals surface area contributed by atoms with Gasteiger partial charge < -0.3 is 15.3 Å². The fraction of sp³-hybridized carbons (Fsp3) is 0.941. The van der Waals surface area contributed by atoms with E-state index >= 15 is 0 Å². The van der Waals surface area contributed by atoms with Crippen LogP contribution >= 0.6 is 7.82 Å². The Morgan fingerprint density at radius 2 is 1.72 bits per heavy atom. The maximum absolute atomic E-state index is 12.9. The molecule has 2 unspecified atom stereocenters. The number of aliphatic hydroxyl groups is 1. The lowest BCUT2D eigenvalue weighted by atomic mass is 9.49. The minimum absolute atomic E-state index is 0.0354. The molecule has 4 aliphatic carbocycles. The molecule has 4 fully saturated rings. The van der Waals surface area contributed by atoms with Gasteiger partial charge in [0, 0.05) is 5.41 Å². The predicted octanol–water partition coefficient (Wildman–Crippen LogP) is 2.22. The van der Waals surface area contributed by atoms with Gasteiger partial charge in [0.15, 0.2) is 0 Å². The molecule has 4 saturated carbocycles. The van der Waals surface area contributed by atoms with E-state index in [4.69, 9.17) is 9.05 Å². The van der Waals surface area contributed by atoms with Crippen LogP contribution in [0.25, 0.3) is 0 Å². The normalized spacial score (nSPS) is 37.1. The third kappa shape index (κ3) is 4.45. The molecule has 0 radical (unpaired) electrons. The lowest BCUT2D eigenvalue weighted by molar-refractivity contribution is -0.147. The number of phosphoric ester groups is 1. The van der Waals surface area contributed by atoms with Crippen molar-refractivity contribution in [2.75, 3.05) is 13.2 Å². The lowest BCUT2D eigenvalue weighted by Crippen LogP contribution is -2.56. The predicted molar refractivity (Wildman–Crippen MR) is 91.6 cm³/mol. The van der Waals surface area contributed by atoms with E-state index in [9.17, 15) is 19.4 Å². The topological polar surface area (TPSA) is 105 Å². The van der Waals surface area contributed by atoms with Gasteiger partial charge in [0.1, 0.15) is 0 Å². The first-order valence-corrected chi connectivity index (χ1v) is 10.8. The van der Waals surface area contributed by atoms with E-state index in [-0.39, 0.29) is 24.5 Å². The van der Waals surface area contributed by atoms with Gasteiger partial charge in [0.05, 0.1) is 25.4 Å². The standard InChI is InChI=1S/C17H30NO6P/c1-11(2)24-25(21,22)23-10-15(9-19)18-16(20)17-6-12-3-13(7-17)5-14(4-12)8-17/h11-15,19H,3-10H2,1-2H3,(H,18,20)(H,21,22). The second-order valence-corrected chi connectivity index (χ2v) is 9.88. The molecule has 4 rings (SSSR count). The average molecular weight is 375 g/mol. The summed E-state index contributed by atoms with van der Waals surface area (Å²) < 4.78 is 21.5. The molecule has 0 spiro atoms. The van der Waals surface area contributed by atoms with Gasteiger partial charge in [-0.25, -0.2) is 4.57 Å². The first-order chi connectivity index (χ1) is 11.7. The molecule has 1 amide bonds. The van der Waals surface area contributed by atoms with Crippen LogP contribution < -0.4 is 5.32 Å². The Kier molecular flexibility index (Phi) is 5.62. The minimum Gasteiger partial charge on any atom is -0.394 e. The molecule has 0 aromatic heterocycles. The molecule has 144 valence electrons. The van der Waals surface area contributed by atoms with Crippen molar-refractivity contribution in [2.45, 2.75) is 64.5 Å². The molecule has 0 aromatic rings. The molecule has 25 heavy (non-hydrogen) atoms. The fourth-order valence-corrected chi connectivity index (χ4v) is 6.31. The summed E-state index contributed by atoms with van der Waals surface area (Å²) in [7, 11) is -4.18. The molecule has 7 nitrogen and oxygen atoms in total. The van der Waals surface area contributed by atoms with Crippen molar-refractivity contribution in [1.82, 2.24) is 5.32 Å². The second kappa shape index (κ2) is 7.28. The Bertz CT molecular complexity index is 516. The van der Waals surface area contributed by atoms with Gasteiger partial charge in [-0.2, -0.15) is 0 Å². The highest BCUT2D eigenvalue weighted by Crippen LogP contribution is 2.60. The van der Waals surface area contributed by atoms with Crippen LogP contribution in [0, 0.1) is 23.2 Å². The Hall–Kier alpha value is -0.460. The Balaban J connectivity index is 1.57. The van der Waals surface area contributed by atoms with Crippen molar-refractivity contribution in [3.05, 3.63) is 0 Å². The van der Waals surface area contributed by atoms with Crippen LogP contribution in [-0.4, -0.2) is 41.3 Å². The molecule has 0 aromatic carbocycles. The maximum Gasteiger partial charge on any atom is 0.472 e. The fourth-order valence-electron chi connectivity index (χ4n) is 5.35. The maximum atomic E-state index is 12.9. The van der Waals surface area contributed by atoms with Gasteiger partial charge in [-0.15, -0.1) is 0 Å². The number of amides is 1.